The number of carbonyl (C=O) groups is 1. The Morgan fingerprint density at radius 3 is 2.55 bits per heavy atom. The fourth-order valence-electron chi connectivity index (χ4n) is 2.96. The maximum absolute atomic E-state index is 12.5. The maximum Gasteiger partial charge on any atom is 0.257 e. The molecular weight excluding hydrogens is 364 g/mol. The molecule has 0 unspecified atom stereocenters. The third-order valence-corrected chi connectivity index (χ3v) is 4.68. The third-order valence-electron chi connectivity index (χ3n) is 4.68. The molecule has 148 valence electrons. The predicted molar refractivity (Wildman–Crippen MR) is 112 cm³/mol. The summed E-state index contributed by atoms with van der Waals surface area (Å²) in [4.78, 5) is 16.7. The van der Waals surface area contributed by atoms with Crippen LogP contribution in [0.2, 0.25) is 0 Å². The maximum atomic E-state index is 12.5. The van der Waals surface area contributed by atoms with Crippen LogP contribution >= 0.6 is 0 Å². The average molecular weight is 388 g/mol. The molecule has 6 heteroatoms. The number of carbonyl (C=O) groups excluding carboxylic acids is 1. The Bertz CT molecular complexity index is 1050. The van der Waals surface area contributed by atoms with Crippen LogP contribution in [0.5, 0.6) is 5.75 Å². The lowest BCUT2D eigenvalue weighted by molar-refractivity contribution is 0.102. The Morgan fingerprint density at radius 2 is 1.93 bits per heavy atom. The van der Waals surface area contributed by atoms with Crippen LogP contribution in [0.3, 0.4) is 0 Å². The molecule has 1 aromatic heterocycles. The number of aromatic nitrogens is 2. The number of hydrogen-bond donors (Lipinski definition) is 1. The fraction of sp³-hybridized carbons (Fsp3) is 0.261. The molecule has 29 heavy (non-hydrogen) atoms. The van der Waals surface area contributed by atoms with Gasteiger partial charge in [-0.1, -0.05) is 51.1 Å². The number of methoxy groups -OCH3 is 1. The highest BCUT2D eigenvalue weighted by molar-refractivity contribution is 6.04. The minimum absolute atomic E-state index is 0.0862. The lowest BCUT2D eigenvalue weighted by atomic mass is 9.87. The van der Waals surface area contributed by atoms with Gasteiger partial charge in [-0.2, -0.15) is 5.26 Å². The first-order valence-corrected chi connectivity index (χ1v) is 9.32. The smallest absolute Gasteiger partial charge is 0.257 e. The van der Waals surface area contributed by atoms with Crippen LogP contribution in [0.15, 0.2) is 54.9 Å². The molecule has 0 aliphatic heterocycles. The summed E-state index contributed by atoms with van der Waals surface area (Å²) in [6.07, 6.45) is 1.57. The van der Waals surface area contributed by atoms with Gasteiger partial charge in [0, 0.05) is 12.1 Å². The molecule has 0 fully saturated rings. The van der Waals surface area contributed by atoms with Crippen molar-refractivity contribution < 1.29 is 9.53 Å². The Kier molecular flexibility index (Phi) is 5.69. The van der Waals surface area contributed by atoms with Crippen molar-refractivity contribution in [1.29, 1.82) is 5.26 Å². The van der Waals surface area contributed by atoms with Crippen molar-refractivity contribution in [3.63, 3.8) is 0 Å². The summed E-state index contributed by atoms with van der Waals surface area (Å²) in [6.45, 7) is 7.00. The quantitative estimate of drug-likeness (QED) is 0.704. The number of imidazole rings is 1. The minimum Gasteiger partial charge on any atom is -0.497 e. The lowest BCUT2D eigenvalue weighted by Gasteiger charge is -2.19. The zero-order chi connectivity index (χ0) is 21.0. The zero-order valence-electron chi connectivity index (χ0n) is 17.1. The summed E-state index contributed by atoms with van der Waals surface area (Å²) < 4.78 is 6.88. The molecule has 1 amide bonds. The van der Waals surface area contributed by atoms with Gasteiger partial charge in [0.25, 0.3) is 5.91 Å². The molecule has 0 atom stereocenters. The van der Waals surface area contributed by atoms with Gasteiger partial charge in [-0.05, 0) is 34.7 Å². The zero-order valence-corrected chi connectivity index (χ0v) is 17.1. The van der Waals surface area contributed by atoms with Gasteiger partial charge in [-0.25, -0.2) is 4.98 Å². The molecule has 2 aromatic carbocycles. The Balaban J connectivity index is 1.78. The molecular formula is C23H24N4O2. The molecule has 0 saturated heterocycles. The molecule has 0 aliphatic rings. The first-order valence-electron chi connectivity index (χ1n) is 9.32. The van der Waals surface area contributed by atoms with Crippen molar-refractivity contribution in [2.24, 2.45) is 0 Å². The third kappa shape index (κ3) is 4.64. The number of amides is 1. The van der Waals surface area contributed by atoms with Gasteiger partial charge in [-0.3, -0.25) is 4.79 Å². The Morgan fingerprint density at radius 1 is 1.21 bits per heavy atom. The van der Waals surface area contributed by atoms with E-state index in [1.165, 1.54) is 5.56 Å². The highest BCUT2D eigenvalue weighted by Crippen LogP contribution is 2.23. The van der Waals surface area contributed by atoms with E-state index >= 15 is 0 Å². The lowest BCUT2D eigenvalue weighted by Crippen LogP contribution is -2.14. The molecule has 0 spiro atoms. The highest BCUT2D eigenvalue weighted by Gasteiger charge is 2.16. The second-order valence-electron chi connectivity index (χ2n) is 7.81. The highest BCUT2D eigenvalue weighted by atomic mass is 16.5. The van der Waals surface area contributed by atoms with Gasteiger partial charge < -0.3 is 14.6 Å². The van der Waals surface area contributed by atoms with Crippen LogP contribution in [0.25, 0.3) is 0 Å². The van der Waals surface area contributed by atoms with Crippen molar-refractivity contribution in [3.8, 4) is 11.8 Å². The monoisotopic (exact) mass is 388 g/mol. The largest absolute Gasteiger partial charge is 0.497 e. The molecule has 3 rings (SSSR count). The van der Waals surface area contributed by atoms with E-state index in [2.05, 4.69) is 61.4 Å². The van der Waals surface area contributed by atoms with Crippen molar-refractivity contribution in [2.45, 2.75) is 32.7 Å². The number of nitrogens with zero attached hydrogens (tertiary/aromatic N) is 3. The predicted octanol–water partition coefficient (Wildman–Crippen LogP) is 4.36. The molecule has 1 N–H and O–H groups in total. The van der Waals surface area contributed by atoms with Gasteiger partial charge in [0.05, 0.1) is 13.4 Å². The number of benzene rings is 2. The number of ether oxygens (including phenoxy) is 1. The van der Waals surface area contributed by atoms with Crippen molar-refractivity contribution in [1.82, 2.24) is 9.55 Å². The fourth-order valence-corrected chi connectivity index (χ4v) is 2.96. The van der Waals surface area contributed by atoms with E-state index in [9.17, 15) is 10.1 Å². The molecule has 0 aliphatic carbocycles. The number of anilines is 1. The van der Waals surface area contributed by atoms with Gasteiger partial charge in [-0.15, -0.1) is 0 Å². The average Bonchev–Trinajstić information content (AvgIpc) is 3.08. The summed E-state index contributed by atoms with van der Waals surface area (Å²) in [7, 11) is 1.54. The van der Waals surface area contributed by atoms with Crippen LogP contribution in [0, 0.1) is 11.3 Å². The molecule has 0 bridgehead atoms. The summed E-state index contributed by atoms with van der Waals surface area (Å²) in [5.41, 5.74) is 3.13. The molecule has 1 heterocycles. The SMILES string of the molecule is COc1cccc(C(=O)Nc2ncn(Cc3ccc(C(C)(C)C)cc3)c2C#N)c1. The van der Waals surface area contributed by atoms with E-state index in [4.69, 9.17) is 4.74 Å². The van der Waals surface area contributed by atoms with Gasteiger partial charge in [0.1, 0.15) is 11.8 Å². The second-order valence-corrected chi connectivity index (χ2v) is 7.81. The first-order chi connectivity index (χ1) is 13.8. The molecule has 6 nitrogen and oxygen atoms in total. The number of hydrogen-bond acceptors (Lipinski definition) is 4. The van der Waals surface area contributed by atoms with E-state index < -0.39 is 0 Å². The molecule has 0 saturated carbocycles. The van der Waals surface area contributed by atoms with E-state index in [0.29, 0.717) is 23.6 Å². The van der Waals surface area contributed by atoms with Crippen LogP contribution in [0.4, 0.5) is 5.82 Å². The minimum atomic E-state index is -0.347. The van der Waals surface area contributed by atoms with Crippen LogP contribution < -0.4 is 10.1 Å². The Hall–Kier alpha value is -3.59. The van der Waals surface area contributed by atoms with E-state index in [-0.39, 0.29) is 17.1 Å². The first kappa shape index (κ1) is 20.2. The molecule has 3 aromatic rings. The van der Waals surface area contributed by atoms with Crippen molar-refractivity contribution in [2.75, 3.05) is 12.4 Å². The van der Waals surface area contributed by atoms with E-state index in [1.54, 1.807) is 42.3 Å². The number of rotatable bonds is 5. The van der Waals surface area contributed by atoms with Crippen molar-refractivity contribution in [3.05, 3.63) is 77.2 Å². The Labute approximate surface area is 170 Å². The van der Waals surface area contributed by atoms with Crippen LogP contribution in [-0.4, -0.2) is 22.6 Å². The van der Waals surface area contributed by atoms with Gasteiger partial charge in [0.2, 0.25) is 0 Å². The number of nitrogens with one attached hydrogen (secondary N) is 1. The van der Waals surface area contributed by atoms with Crippen LogP contribution in [0.1, 0.15) is 48.0 Å². The summed E-state index contributed by atoms with van der Waals surface area (Å²) in [6, 6.07) is 17.3. The number of nitriles is 1. The van der Waals surface area contributed by atoms with Crippen molar-refractivity contribution >= 4 is 11.7 Å². The van der Waals surface area contributed by atoms with Gasteiger partial charge in [0.15, 0.2) is 11.5 Å². The summed E-state index contributed by atoms with van der Waals surface area (Å²) in [5, 5.41) is 12.3. The normalized spacial score (nSPS) is 11.0. The molecule has 0 radical (unpaired) electrons. The van der Waals surface area contributed by atoms with E-state index in [0.717, 1.165) is 5.56 Å². The van der Waals surface area contributed by atoms with Gasteiger partial charge >= 0.3 is 0 Å². The second kappa shape index (κ2) is 8.19. The summed E-state index contributed by atoms with van der Waals surface area (Å²) in [5.74, 6) is 0.481. The standard InChI is InChI=1S/C23H24N4O2/c1-23(2,3)18-10-8-16(9-11-18)14-27-15-25-21(20(27)13-24)26-22(28)17-6-5-7-19(12-17)29-4/h5-12,15H,14H2,1-4H3,(H,26,28). The van der Waals surface area contributed by atoms with E-state index in [1.807, 2.05) is 0 Å². The summed E-state index contributed by atoms with van der Waals surface area (Å²) >= 11 is 0. The topological polar surface area (TPSA) is 79.9 Å². The van der Waals surface area contributed by atoms with Crippen LogP contribution in [-0.2, 0) is 12.0 Å².